The van der Waals surface area contributed by atoms with Gasteiger partial charge in [0.1, 0.15) is 0 Å². The number of aryl methyl sites for hydroxylation is 1. The molecule has 0 aromatic heterocycles. The van der Waals surface area contributed by atoms with E-state index in [1.807, 2.05) is 6.92 Å². The molecular formula is C15H15NO5S. The van der Waals surface area contributed by atoms with Gasteiger partial charge in [-0.2, -0.15) is 0 Å². The summed E-state index contributed by atoms with van der Waals surface area (Å²) in [7, 11) is -3.64. The third kappa shape index (κ3) is 2.72. The highest BCUT2D eigenvalue weighted by molar-refractivity contribution is 7.89. The Morgan fingerprint density at radius 2 is 1.86 bits per heavy atom. The van der Waals surface area contributed by atoms with Gasteiger partial charge in [0, 0.05) is 12.1 Å². The van der Waals surface area contributed by atoms with Crippen LogP contribution in [0.1, 0.15) is 11.1 Å². The number of phenols is 1. The van der Waals surface area contributed by atoms with Crippen molar-refractivity contribution >= 4 is 10.0 Å². The third-order valence-electron chi connectivity index (χ3n) is 3.38. The summed E-state index contributed by atoms with van der Waals surface area (Å²) in [6.45, 7) is 1.88. The molecule has 1 heterocycles. The lowest BCUT2D eigenvalue weighted by atomic mass is 10.2. The summed E-state index contributed by atoms with van der Waals surface area (Å²) in [5, 5.41) is 10.1. The van der Waals surface area contributed by atoms with Crippen LogP contribution in [0.4, 0.5) is 0 Å². The van der Waals surface area contributed by atoms with Crippen molar-refractivity contribution in [1.82, 2.24) is 4.72 Å². The third-order valence-corrected chi connectivity index (χ3v) is 4.80. The molecule has 2 aromatic rings. The molecule has 0 fully saturated rings. The number of aromatic hydroxyl groups is 1. The fourth-order valence-corrected chi connectivity index (χ4v) is 3.12. The van der Waals surface area contributed by atoms with E-state index in [2.05, 4.69) is 4.72 Å². The second-order valence-corrected chi connectivity index (χ2v) is 6.71. The first-order valence-corrected chi connectivity index (χ1v) is 8.12. The number of sulfonamides is 1. The van der Waals surface area contributed by atoms with Crippen molar-refractivity contribution in [3.63, 3.8) is 0 Å². The maximum atomic E-state index is 12.2. The molecule has 2 aromatic carbocycles. The van der Waals surface area contributed by atoms with E-state index in [4.69, 9.17) is 9.47 Å². The molecule has 6 nitrogen and oxygen atoms in total. The Hall–Kier alpha value is -2.25. The van der Waals surface area contributed by atoms with Gasteiger partial charge in [-0.05, 0) is 25.1 Å². The number of fused-ring (bicyclic) bond motifs is 1. The maximum Gasteiger partial charge on any atom is 0.240 e. The van der Waals surface area contributed by atoms with E-state index in [9.17, 15) is 13.5 Å². The Labute approximate surface area is 128 Å². The molecule has 0 atom stereocenters. The number of benzene rings is 2. The van der Waals surface area contributed by atoms with Crippen molar-refractivity contribution < 1.29 is 23.0 Å². The number of phenolic OH excluding ortho intramolecular Hbond substituents is 1. The largest absolute Gasteiger partial charge is 0.504 e. The first-order chi connectivity index (χ1) is 10.5. The first-order valence-electron chi connectivity index (χ1n) is 6.64. The zero-order chi connectivity index (χ0) is 15.7. The Kier molecular flexibility index (Phi) is 3.67. The zero-order valence-electron chi connectivity index (χ0n) is 11.9. The minimum Gasteiger partial charge on any atom is -0.504 e. The molecule has 1 aliphatic heterocycles. The van der Waals surface area contributed by atoms with E-state index in [1.165, 1.54) is 12.1 Å². The van der Waals surface area contributed by atoms with Crippen molar-refractivity contribution in [1.29, 1.82) is 0 Å². The van der Waals surface area contributed by atoms with Gasteiger partial charge >= 0.3 is 0 Å². The molecule has 7 heteroatoms. The van der Waals surface area contributed by atoms with Crippen LogP contribution < -0.4 is 14.2 Å². The summed E-state index contributed by atoms with van der Waals surface area (Å²) >= 11 is 0. The normalized spacial score (nSPS) is 13.3. The molecule has 116 valence electrons. The standard InChI is InChI=1S/C15H15NO5S/c1-10-2-5-12(6-3-10)22(18,19)16-8-11-4-7-13-15(14(11)17)21-9-20-13/h2-7,16-17H,8-9H2,1H3. The molecule has 22 heavy (non-hydrogen) atoms. The van der Waals surface area contributed by atoms with Gasteiger partial charge in [-0.25, -0.2) is 13.1 Å². The van der Waals surface area contributed by atoms with Crippen LogP contribution >= 0.6 is 0 Å². The molecule has 0 spiro atoms. The van der Waals surface area contributed by atoms with Gasteiger partial charge in [0.25, 0.3) is 0 Å². The number of nitrogens with one attached hydrogen (secondary N) is 1. The highest BCUT2D eigenvalue weighted by Crippen LogP contribution is 2.42. The number of hydrogen-bond donors (Lipinski definition) is 2. The molecule has 0 bridgehead atoms. The minimum absolute atomic E-state index is 0.0430. The van der Waals surface area contributed by atoms with Gasteiger partial charge in [0.05, 0.1) is 4.90 Å². The quantitative estimate of drug-likeness (QED) is 0.898. The van der Waals surface area contributed by atoms with Crippen molar-refractivity contribution in [2.45, 2.75) is 18.4 Å². The van der Waals surface area contributed by atoms with Gasteiger partial charge in [0.2, 0.25) is 22.6 Å². The minimum atomic E-state index is -3.64. The Bertz CT molecular complexity index is 799. The SMILES string of the molecule is Cc1ccc(S(=O)(=O)NCc2ccc3c(c2O)OCO3)cc1. The maximum absolute atomic E-state index is 12.2. The Balaban J connectivity index is 1.79. The number of ether oxygens (including phenoxy) is 2. The number of rotatable bonds is 4. The van der Waals surface area contributed by atoms with Crippen molar-refractivity contribution in [3.05, 3.63) is 47.5 Å². The van der Waals surface area contributed by atoms with Crippen LogP contribution in [-0.2, 0) is 16.6 Å². The van der Waals surface area contributed by atoms with Crippen molar-refractivity contribution in [2.24, 2.45) is 0 Å². The second-order valence-electron chi connectivity index (χ2n) is 4.94. The summed E-state index contributed by atoms with van der Waals surface area (Å²) in [6.07, 6.45) is 0. The molecule has 0 amide bonds. The van der Waals surface area contributed by atoms with Crippen LogP contribution in [-0.4, -0.2) is 20.3 Å². The summed E-state index contributed by atoms with van der Waals surface area (Å²) in [5.74, 6) is 0.580. The lowest BCUT2D eigenvalue weighted by molar-refractivity contribution is 0.171. The molecule has 0 unspecified atom stereocenters. The molecule has 1 aliphatic rings. The summed E-state index contributed by atoms with van der Waals surface area (Å²) < 4.78 is 37.2. The van der Waals surface area contributed by atoms with E-state index in [1.54, 1.807) is 24.3 Å². The predicted molar refractivity (Wildman–Crippen MR) is 79.4 cm³/mol. The Morgan fingerprint density at radius 3 is 2.59 bits per heavy atom. The lowest BCUT2D eigenvalue weighted by Gasteiger charge is -2.09. The van der Waals surface area contributed by atoms with Crippen LogP contribution in [0, 0.1) is 6.92 Å². The van der Waals surface area contributed by atoms with Gasteiger partial charge < -0.3 is 14.6 Å². The smallest absolute Gasteiger partial charge is 0.240 e. The molecule has 3 rings (SSSR count). The average molecular weight is 321 g/mol. The van der Waals surface area contributed by atoms with Crippen LogP contribution in [0.5, 0.6) is 17.2 Å². The highest BCUT2D eigenvalue weighted by Gasteiger charge is 2.21. The fraction of sp³-hybridized carbons (Fsp3) is 0.200. The van der Waals surface area contributed by atoms with E-state index < -0.39 is 10.0 Å². The molecule has 0 radical (unpaired) electrons. The fourth-order valence-electron chi connectivity index (χ4n) is 2.11. The van der Waals surface area contributed by atoms with E-state index in [-0.39, 0.29) is 29.7 Å². The van der Waals surface area contributed by atoms with Crippen LogP contribution in [0.3, 0.4) is 0 Å². The van der Waals surface area contributed by atoms with Gasteiger partial charge in [-0.3, -0.25) is 0 Å². The van der Waals surface area contributed by atoms with Gasteiger partial charge in [-0.1, -0.05) is 23.8 Å². The highest BCUT2D eigenvalue weighted by atomic mass is 32.2. The molecule has 0 saturated carbocycles. The van der Waals surface area contributed by atoms with Crippen molar-refractivity contribution in [3.8, 4) is 17.2 Å². The summed E-state index contributed by atoms with van der Waals surface area (Å²) in [4.78, 5) is 0.179. The van der Waals surface area contributed by atoms with E-state index in [0.717, 1.165) is 5.56 Å². The summed E-state index contributed by atoms with van der Waals surface area (Å²) in [6, 6.07) is 9.77. The monoisotopic (exact) mass is 321 g/mol. The van der Waals surface area contributed by atoms with Gasteiger partial charge in [0.15, 0.2) is 11.5 Å². The lowest BCUT2D eigenvalue weighted by Crippen LogP contribution is -2.23. The number of hydrogen-bond acceptors (Lipinski definition) is 5. The predicted octanol–water partition coefficient (Wildman–Crippen LogP) is 1.91. The molecule has 0 saturated heterocycles. The van der Waals surface area contributed by atoms with E-state index >= 15 is 0 Å². The molecular weight excluding hydrogens is 306 g/mol. The van der Waals surface area contributed by atoms with Crippen molar-refractivity contribution in [2.75, 3.05) is 6.79 Å². The summed E-state index contributed by atoms with van der Waals surface area (Å²) in [5.41, 5.74) is 1.40. The van der Waals surface area contributed by atoms with Crippen LogP contribution in [0.2, 0.25) is 0 Å². The average Bonchev–Trinajstić information content (AvgIpc) is 2.96. The molecule has 0 aliphatic carbocycles. The van der Waals surface area contributed by atoms with Gasteiger partial charge in [-0.15, -0.1) is 0 Å². The second kappa shape index (κ2) is 5.51. The van der Waals surface area contributed by atoms with Crippen LogP contribution in [0.25, 0.3) is 0 Å². The first kappa shape index (κ1) is 14.7. The zero-order valence-corrected chi connectivity index (χ0v) is 12.7. The van der Waals surface area contributed by atoms with Crippen LogP contribution in [0.15, 0.2) is 41.3 Å². The topological polar surface area (TPSA) is 84.9 Å². The molecule has 2 N–H and O–H groups in total. The Morgan fingerprint density at radius 1 is 1.14 bits per heavy atom. The van der Waals surface area contributed by atoms with E-state index in [0.29, 0.717) is 11.3 Å².